The second-order valence-corrected chi connectivity index (χ2v) is 7.92. The average molecular weight is 470 g/mol. The summed E-state index contributed by atoms with van der Waals surface area (Å²) in [6, 6.07) is 5.66. The molecule has 2 aliphatic rings. The Morgan fingerprint density at radius 2 is 1.96 bits per heavy atom. The number of nitrogens with zero attached hydrogens (tertiary/aromatic N) is 2. The molecule has 2 aromatic rings. The lowest BCUT2D eigenvalue weighted by Gasteiger charge is -2.47. The summed E-state index contributed by atoms with van der Waals surface area (Å²) in [5.74, 6) is -0.0389. The molecule has 8 heteroatoms. The molecule has 2 aliphatic heterocycles. The number of rotatable bonds is 4. The fourth-order valence-electron chi connectivity index (χ4n) is 3.86. The van der Waals surface area contributed by atoms with Crippen LogP contribution in [-0.4, -0.2) is 72.6 Å². The van der Waals surface area contributed by atoms with Gasteiger partial charge in [-0.05, 0) is 53.6 Å². The van der Waals surface area contributed by atoms with Crippen LogP contribution in [0.3, 0.4) is 0 Å². The highest BCUT2D eigenvalue weighted by molar-refractivity contribution is 14.1. The maximum Gasteiger partial charge on any atom is 0.251 e. The van der Waals surface area contributed by atoms with Crippen LogP contribution in [0.25, 0.3) is 10.9 Å². The number of benzene rings is 1. The van der Waals surface area contributed by atoms with E-state index in [9.17, 15) is 4.79 Å². The quantitative estimate of drug-likeness (QED) is 0.667. The first-order valence-corrected chi connectivity index (χ1v) is 10.1. The SMILES string of the molecule is O=C(NCC1(N2CCOCC2)CCOCC1)c1ccc2[nH]nc(I)c2c1. The molecule has 26 heavy (non-hydrogen) atoms. The Kier molecular flexibility index (Phi) is 5.44. The van der Waals surface area contributed by atoms with Crippen molar-refractivity contribution in [3.05, 3.63) is 27.5 Å². The van der Waals surface area contributed by atoms with E-state index < -0.39 is 0 Å². The molecular formula is C18H23IN4O3. The normalized spacial score (nSPS) is 21.0. The fraction of sp³-hybridized carbons (Fsp3) is 0.556. The van der Waals surface area contributed by atoms with Gasteiger partial charge in [0.25, 0.3) is 5.91 Å². The number of nitrogens with one attached hydrogen (secondary N) is 2. The fourth-order valence-corrected chi connectivity index (χ4v) is 4.43. The largest absolute Gasteiger partial charge is 0.381 e. The third kappa shape index (κ3) is 3.60. The summed E-state index contributed by atoms with van der Waals surface area (Å²) in [5, 5.41) is 11.3. The van der Waals surface area contributed by atoms with Gasteiger partial charge in [0.1, 0.15) is 3.70 Å². The summed E-state index contributed by atoms with van der Waals surface area (Å²) in [7, 11) is 0. The molecule has 0 saturated carbocycles. The van der Waals surface area contributed by atoms with Crippen LogP contribution in [0.2, 0.25) is 0 Å². The van der Waals surface area contributed by atoms with Crippen LogP contribution < -0.4 is 5.32 Å². The summed E-state index contributed by atoms with van der Waals surface area (Å²) < 4.78 is 12.0. The van der Waals surface area contributed by atoms with Crippen molar-refractivity contribution >= 4 is 39.4 Å². The number of halogens is 1. The molecule has 2 saturated heterocycles. The number of aromatic amines is 1. The molecule has 2 N–H and O–H groups in total. The van der Waals surface area contributed by atoms with E-state index in [0.29, 0.717) is 12.1 Å². The number of H-pyrrole nitrogens is 1. The van der Waals surface area contributed by atoms with Gasteiger partial charge >= 0.3 is 0 Å². The molecule has 7 nitrogen and oxygen atoms in total. The van der Waals surface area contributed by atoms with Gasteiger partial charge in [0.15, 0.2) is 0 Å². The Morgan fingerprint density at radius 3 is 2.73 bits per heavy atom. The lowest BCUT2D eigenvalue weighted by atomic mass is 9.87. The Morgan fingerprint density at radius 1 is 1.23 bits per heavy atom. The number of fused-ring (bicyclic) bond motifs is 1. The van der Waals surface area contributed by atoms with Crippen molar-refractivity contribution in [2.75, 3.05) is 46.1 Å². The van der Waals surface area contributed by atoms with Crippen molar-refractivity contribution in [2.24, 2.45) is 0 Å². The van der Waals surface area contributed by atoms with Crippen LogP contribution in [0.15, 0.2) is 18.2 Å². The summed E-state index contributed by atoms with van der Waals surface area (Å²) in [6.45, 7) is 5.46. The number of morpholine rings is 1. The standard InChI is InChI=1S/C18H23IN4O3/c19-16-14-11-13(1-2-15(14)21-22-16)17(24)20-12-18(3-7-25-8-4-18)23-5-9-26-10-6-23/h1-2,11H,3-10,12H2,(H,20,24)(H,21,22). The number of hydrogen-bond acceptors (Lipinski definition) is 5. The van der Waals surface area contributed by atoms with E-state index in [1.54, 1.807) is 0 Å². The summed E-state index contributed by atoms with van der Waals surface area (Å²) >= 11 is 2.17. The minimum absolute atomic E-state index is 0.0359. The Balaban J connectivity index is 1.48. The van der Waals surface area contributed by atoms with E-state index in [0.717, 1.165) is 67.0 Å². The molecule has 4 rings (SSSR count). The monoisotopic (exact) mass is 470 g/mol. The number of amides is 1. The molecule has 0 atom stereocenters. The van der Waals surface area contributed by atoms with Crippen LogP contribution in [-0.2, 0) is 9.47 Å². The van der Waals surface area contributed by atoms with Crippen molar-refractivity contribution in [3.8, 4) is 0 Å². The van der Waals surface area contributed by atoms with Crippen LogP contribution >= 0.6 is 22.6 Å². The van der Waals surface area contributed by atoms with E-state index in [1.807, 2.05) is 18.2 Å². The van der Waals surface area contributed by atoms with Gasteiger partial charge in [-0.3, -0.25) is 14.8 Å². The number of carbonyl (C=O) groups excluding carboxylic acids is 1. The predicted molar refractivity (Wildman–Crippen MR) is 106 cm³/mol. The topological polar surface area (TPSA) is 79.5 Å². The molecule has 140 valence electrons. The number of ether oxygens (including phenoxy) is 2. The Hall–Kier alpha value is -1.23. The molecule has 3 heterocycles. The van der Waals surface area contributed by atoms with E-state index in [2.05, 4.69) is 43.0 Å². The minimum atomic E-state index is -0.0389. The average Bonchev–Trinajstić information content (AvgIpc) is 3.08. The van der Waals surface area contributed by atoms with Crippen molar-refractivity contribution in [1.29, 1.82) is 0 Å². The van der Waals surface area contributed by atoms with Gasteiger partial charge in [-0.25, -0.2) is 0 Å². The van der Waals surface area contributed by atoms with Crippen LogP contribution in [0.1, 0.15) is 23.2 Å². The second-order valence-electron chi connectivity index (χ2n) is 6.89. The van der Waals surface area contributed by atoms with E-state index in [4.69, 9.17) is 9.47 Å². The molecule has 1 amide bonds. The van der Waals surface area contributed by atoms with E-state index >= 15 is 0 Å². The maximum absolute atomic E-state index is 12.8. The van der Waals surface area contributed by atoms with Crippen LogP contribution in [0.5, 0.6) is 0 Å². The smallest absolute Gasteiger partial charge is 0.251 e. The van der Waals surface area contributed by atoms with Gasteiger partial charge < -0.3 is 14.8 Å². The highest BCUT2D eigenvalue weighted by Gasteiger charge is 2.39. The number of aromatic nitrogens is 2. The second kappa shape index (κ2) is 7.79. The molecule has 0 unspecified atom stereocenters. The maximum atomic E-state index is 12.8. The van der Waals surface area contributed by atoms with Gasteiger partial charge in [0.2, 0.25) is 0 Å². The first kappa shape index (κ1) is 18.1. The zero-order valence-corrected chi connectivity index (χ0v) is 16.8. The molecule has 0 aliphatic carbocycles. The highest BCUT2D eigenvalue weighted by atomic mass is 127. The first-order valence-electron chi connectivity index (χ1n) is 9.00. The van der Waals surface area contributed by atoms with Crippen LogP contribution in [0, 0.1) is 3.70 Å². The minimum Gasteiger partial charge on any atom is -0.381 e. The third-order valence-corrected chi connectivity index (χ3v) is 6.28. The zero-order chi connectivity index (χ0) is 18.0. The van der Waals surface area contributed by atoms with Crippen molar-refractivity contribution < 1.29 is 14.3 Å². The highest BCUT2D eigenvalue weighted by Crippen LogP contribution is 2.28. The summed E-state index contributed by atoms with van der Waals surface area (Å²) in [6.07, 6.45) is 1.87. The molecule has 1 aromatic heterocycles. The molecule has 0 bridgehead atoms. The Bertz CT molecular complexity index is 782. The van der Waals surface area contributed by atoms with Crippen LogP contribution in [0.4, 0.5) is 0 Å². The molecular weight excluding hydrogens is 447 g/mol. The van der Waals surface area contributed by atoms with E-state index in [1.165, 1.54) is 0 Å². The lowest BCUT2D eigenvalue weighted by molar-refractivity contribution is -0.0693. The van der Waals surface area contributed by atoms with Gasteiger partial charge in [-0.15, -0.1) is 0 Å². The molecule has 2 fully saturated rings. The number of carbonyl (C=O) groups is 1. The van der Waals surface area contributed by atoms with Crippen molar-refractivity contribution in [3.63, 3.8) is 0 Å². The summed E-state index contributed by atoms with van der Waals surface area (Å²) in [4.78, 5) is 15.2. The van der Waals surface area contributed by atoms with E-state index in [-0.39, 0.29) is 11.4 Å². The molecule has 0 spiro atoms. The van der Waals surface area contributed by atoms with Gasteiger partial charge in [0.05, 0.1) is 18.7 Å². The summed E-state index contributed by atoms with van der Waals surface area (Å²) in [5.41, 5.74) is 1.58. The van der Waals surface area contributed by atoms with Gasteiger partial charge in [-0.2, -0.15) is 5.10 Å². The zero-order valence-electron chi connectivity index (χ0n) is 14.6. The molecule has 1 aromatic carbocycles. The molecule has 0 radical (unpaired) electrons. The van der Waals surface area contributed by atoms with Gasteiger partial charge in [0, 0.05) is 49.3 Å². The third-order valence-electron chi connectivity index (χ3n) is 5.46. The number of hydrogen-bond donors (Lipinski definition) is 2. The van der Waals surface area contributed by atoms with Crippen molar-refractivity contribution in [1.82, 2.24) is 20.4 Å². The van der Waals surface area contributed by atoms with Gasteiger partial charge in [-0.1, -0.05) is 0 Å². The van der Waals surface area contributed by atoms with Crippen molar-refractivity contribution in [2.45, 2.75) is 18.4 Å². The predicted octanol–water partition coefficient (Wildman–Crippen LogP) is 1.78. The Labute approximate surface area is 165 Å². The lowest BCUT2D eigenvalue weighted by Crippen LogP contribution is -2.61. The first-order chi connectivity index (χ1) is 12.7.